The highest BCUT2D eigenvalue weighted by Gasteiger charge is 2.40. The lowest BCUT2D eigenvalue weighted by atomic mass is 9.81. The maximum Gasteiger partial charge on any atom is 0.242 e. The summed E-state index contributed by atoms with van der Waals surface area (Å²) in [6.07, 6.45) is 4.42. The standard InChI is InChI=1S/C17H23FN2O2/c18-14-6-4-5-13(11-14)15-12-20(9-10-22-15)16(21)17(19)7-2-1-3-8-17/h4-6,11,15H,1-3,7-10,12,19H2. The predicted octanol–water partition coefficient (Wildman–Crippen LogP) is 2.39. The molecule has 5 heteroatoms. The molecule has 1 aliphatic heterocycles. The third-order valence-electron chi connectivity index (χ3n) is 4.75. The van der Waals surface area contributed by atoms with E-state index in [-0.39, 0.29) is 17.8 Å². The van der Waals surface area contributed by atoms with Crippen molar-refractivity contribution in [1.29, 1.82) is 0 Å². The number of nitrogens with two attached hydrogens (primary N) is 1. The minimum absolute atomic E-state index is 0.0249. The summed E-state index contributed by atoms with van der Waals surface area (Å²) >= 11 is 0. The fourth-order valence-electron chi connectivity index (χ4n) is 3.45. The Kier molecular flexibility index (Phi) is 4.45. The number of benzene rings is 1. The average molecular weight is 306 g/mol. The van der Waals surface area contributed by atoms with Crippen LogP contribution in [0.25, 0.3) is 0 Å². The number of carbonyl (C=O) groups excluding carboxylic acids is 1. The Morgan fingerprint density at radius 1 is 1.32 bits per heavy atom. The highest BCUT2D eigenvalue weighted by atomic mass is 19.1. The first kappa shape index (κ1) is 15.4. The SMILES string of the molecule is NC1(C(=O)N2CCOC(c3cccc(F)c3)C2)CCCCC1. The molecule has 1 heterocycles. The van der Waals surface area contributed by atoms with Crippen molar-refractivity contribution in [3.8, 4) is 0 Å². The number of ether oxygens (including phenoxy) is 1. The highest BCUT2D eigenvalue weighted by Crippen LogP contribution is 2.30. The Labute approximate surface area is 130 Å². The van der Waals surface area contributed by atoms with Crippen molar-refractivity contribution in [2.75, 3.05) is 19.7 Å². The Bertz CT molecular complexity index is 543. The molecule has 2 fully saturated rings. The number of amides is 1. The number of nitrogens with zero attached hydrogens (tertiary/aromatic N) is 1. The van der Waals surface area contributed by atoms with E-state index in [4.69, 9.17) is 10.5 Å². The number of morpholine rings is 1. The topological polar surface area (TPSA) is 55.6 Å². The van der Waals surface area contributed by atoms with Crippen molar-refractivity contribution in [1.82, 2.24) is 4.90 Å². The number of carbonyl (C=O) groups is 1. The van der Waals surface area contributed by atoms with Gasteiger partial charge in [-0.15, -0.1) is 0 Å². The van der Waals surface area contributed by atoms with Gasteiger partial charge >= 0.3 is 0 Å². The van der Waals surface area contributed by atoms with Gasteiger partial charge in [-0.2, -0.15) is 0 Å². The molecule has 2 N–H and O–H groups in total. The summed E-state index contributed by atoms with van der Waals surface area (Å²) in [4.78, 5) is 14.6. The molecule has 2 aliphatic rings. The number of rotatable bonds is 2. The molecular formula is C17H23FN2O2. The van der Waals surface area contributed by atoms with Crippen molar-refractivity contribution in [2.45, 2.75) is 43.7 Å². The van der Waals surface area contributed by atoms with Crippen LogP contribution >= 0.6 is 0 Å². The molecule has 120 valence electrons. The molecule has 1 saturated carbocycles. The molecule has 1 atom stereocenters. The van der Waals surface area contributed by atoms with Gasteiger partial charge in [0.1, 0.15) is 11.9 Å². The van der Waals surface area contributed by atoms with E-state index in [0.29, 0.717) is 19.7 Å². The highest BCUT2D eigenvalue weighted by molar-refractivity contribution is 5.86. The van der Waals surface area contributed by atoms with Crippen LogP contribution in [-0.2, 0) is 9.53 Å². The lowest BCUT2D eigenvalue weighted by Crippen LogP contribution is -2.58. The normalized spacial score (nSPS) is 25.0. The van der Waals surface area contributed by atoms with Crippen molar-refractivity contribution in [3.63, 3.8) is 0 Å². The molecule has 4 nitrogen and oxygen atoms in total. The summed E-state index contributed by atoms with van der Waals surface area (Å²) in [6, 6.07) is 6.38. The summed E-state index contributed by atoms with van der Waals surface area (Å²) in [5.74, 6) is -0.260. The molecule has 1 saturated heterocycles. The molecule has 3 rings (SSSR count). The quantitative estimate of drug-likeness (QED) is 0.913. The fraction of sp³-hybridized carbons (Fsp3) is 0.588. The molecular weight excluding hydrogens is 283 g/mol. The molecule has 1 aliphatic carbocycles. The van der Waals surface area contributed by atoms with Crippen LogP contribution < -0.4 is 5.73 Å². The second-order valence-electron chi connectivity index (χ2n) is 6.38. The van der Waals surface area contributed by atoms with Crippen LogP contribution in [0.5, 0.6) is 0 Å². The second kappa shape index (κ2) is 6.34. The molecule has 22 heavy (non-hydrogen) atoms. The Morgan fingerprint density at radius 2 is 2.09 bits per heavy atom. The summed E-state index contributed by atoms with van der Waals surface area (Å²) < 4.78 is 19.1. The number of hydrogen-bond acceptors (Lipinski definition) is 3. The molecule has 0 spiro atoms. The van der Waals surface area contributed by atoms with E-state index in [1.54, 1.807) is 11.0 Å². The minimum atomic E-state index is -0.720. The van der Waals surface area contributed by atoms with E-state index < -0.39 is 5.54 Å². The fourth-order valence-corrected chi connectivity index (χ4v) is 3.45. The monoisotopic (exact) mass is 306 g/mol. The summed E-state index contributed by atoms with van der Waals surface area (Å²) in [6.45, 7) is 1.47. The van der Waals surface area contributed by atoms with E-state index in [1.165, 1.54) is 12.1 Å². The summed E-state index contributed by atoms with van der Waals surface area (Å²) in [7, 11) is 0. The van der Waals surface area contributed by atoms with Crippen molar-refractivity contribution >= 4 is 5.91 Å². The maximum absolute atomic E-state index is 13.4. The van der Waals surface area contributed by atoms with Crippen LogP contribution in [0.3, 0.4) is 0 Å². The van der Waals surface area contributed by atoms with Gasteiger partial charge in [0.05, 0.1) is 18.7 Å². The molecule has 0 bridgehead atoms. The molecule has 0 radical (unpaired) electrons. The Morgan fingerprint density at radius 3 is 2.82 bits per heavy atom. The molecule has 1 amide bonds. The van der Waals surface area contributed by atoms with Gasteiger partial charge in [0, 0.05) is 6.54 Å². The van der Waals surface area contributed by atoms with E-state index >= 15 is 0 Å². The number of halogens is 1. The maximum atomic E-state index is 13.4. The third-order valence-corrected chi connectivity index (χ3v) is 4.75. The van der Waals surface area contributed by atoms with Crippen molar-refractivity contribution in [2.24, 2.45) is 5.73 Å². The minimum Gasteiger partial charge on any atom is -0.370 e. The zero-order valence-corrected chi connectivity index (χ0v) is 12.8. The first-order valence-corrected chi connectivity index (χ1v) is 8.04. The zero-order chi connectivity index (χ0) is 15.6. The van der Waals surface area contributed by atoms with Crippen LogP contribution in [0.1, 0.15) is 43.8 Å². The largest absolute Gasteiger partial charge is 0.370 e. The van der Waals surface area contributed by atoms with Crippen LogP contribution in [0, 0.1) is 5.82 Å². The van der Waals surface area contributed by atoms with Gasteiger partial charge in [0.25, 0.3) is 0 Å². The Hall–Kier alpha value is -1.46. The Balaban J connectivity index is 1.71. The van der Waals surface area contributed by atoms with E-state index in [9.17, 15) is 9.18 Å². The molecule has 1 unspecified atom stereocenters. The van der Waals surface area contributed by atoms with Crippen molar-refractivity contribution < 1.29 is 13.9 Å². The van der Waals surface area contributed by atoms with Gasteiger partial charge < -0.3 is 15.4 Å². The smallest absolute Gasteiger partial charge is 0.242 e. The van der Waals surface area contributed by atoms with Crippen LogP contribution in [0.15, 0.2) is 24.3 Å². The van der Waals surface area contributed by atoms with Gasteiger partial charge in [-0.1, -0.05) is 31.4 Å². The average Bonchev–Trinajstić information content (AvgIpc) is 2.55. The van der Waals surface area contributed by atoms with Gasteiger partial charge in [0.2, 0.25) is 5.91 Å². The van der Waals surface area contributed by atoms with Crippen LogP contribution in [0.2, 0.25) is 0 Å². The molecule has 1 aromatic rings. The molecule has 0 aromatic heterocycles. The van der Waals surface area contributed by atoms with E-state index in [1.807, 2.05) is 6.07 Å². The van der Waals surface area contributed by atoms with Crippen LogP contribution in [-0.4, -0.2) is 36.0 Å². The van der Waals surface area contributed by atoms with Crippen molar-refractivity contribution in [3.05, 3.63) is 35.6 Å². The number of hydrogen-bond donors (Lipinski definition) is 1. The molecule has 1 aromatic carbocycles. The van der Waals surface area contributed by atoms with Gasteiger partial charge in [-0.25, -0.2) is 4.39 Å². The first-order chi connectivity index (χ1) is 10.6. The first-order valence-electron chi connectivity index (χ1n) is 8.04. The van der Waals surface area contributed by atoms with E-state index in [2.05, 4.69) is 0 Å². The zero-order valence-electron chi connectivity index (χ0n) is 12.8. The summed E-state index contributed by atoms with van der Waals surface area (Å²) in [5.41, 5.74) is 6.40. The summed E-state index contributed by atoms with van der Waals surface area (Å²) in [5, 5.41) is 0. The third kappa shape index (κ3) is 3.15. The lowest BCUT2D eigenvalue weighted by molar-refractivity contribution is -0.146. The van der Waals surface area contributed by atoms with Gasteiger partial charge in [0.15, 0.2) is 0 Å². The lowest BCUT2D eigenvalue weighted by Gasteiger charge is -2.40. The second-order valence-corrected chi connectivity index (χ2v) is 6.38. The van der Waals surface area contributed by atoms with Gasteiger partial charge in [-0.3, -0.25) is 4.79 Å². The van der Waals surface area contributed by atoms with E-state index in [0.717, 1.165) is 37.7 Å². The predicted molar refractivity (Wildman–Crippen MR) is 81.7 cm³/mol. The van der Waals surface area contributed by atoms with Gasteiger partial charge in [-0.05, 0) is 30.5 Å². The van der Waals surface area contributed by atoms with Crippen LogP contribution in [0.4, 0.5) is 4.39 Å².